The fourth-order valence-electron chi connectivity index (χ4n) is 2.67. The van der Waals surface area contributed by atoms with Crippen molar-refractivity contribution in [1.82, 2.24) is 4.90 Å². The number of furan rings is 1. The molecule has 2 heterocycles. The van der Waals surface area contributed by atoms with E-state index in [0.29, 0.717) is 25.9 Å². The number of fused-ring (bicyclic) bond motifs is 1. The van der Waals surface area contributed by atoms with Crippen molar-refractivity contribution in [1.29, 1.82) is 0 Å². The first-order valence-electron chi connectivity index (χ1n) is 7.04. The Morgan fingerprint density at radius 3 is 3.00 bits per heavy atom. The third-order valence-corrected chi connectivity index (χ3v) is 4.60. The number of nitrogens with zero attached hydrogens (tertiary/aromatic N) is 1. The molecule has 1 amide bonds. The Morgan fingerprint density at radius 1 is 1.43 bits per heavy atom. The topological polar surface area (TPSA) is 50.5 Å². The van der Waals surface area contributed by atoms with Crippen molar-refractivity contribution in [3.8, 4) is 0 Å². The average molecular weight is 303 g/mol. The first-order valence-corrected chi connectivity index (χ1v) is 7.92. The largest absolute Gasteiger partial charge is 0.461 e. The van der Waals surface area contributed by atoms with Crippen molar-refractivity contribution in [3.63, 3.8) is 0 Å². The van der Waals surface area contributed by atoms with Crippen molar-refractivity contribution in [3.05, 3.63) is 36.1 Å². The number of para-hydroxylation sites is 1. The van der Waals surface area contributed by atoms with Crippen molar-refractivity contribution in [2.24, 2.45) is 0 Å². The van der Waals surface area contributed by atoms with Crippen LogP contribution in [-0.4, -0.2) is 34.3 Å². The van der Waals surface area contributed by atoms with Gasteiger partial charge < -0.3 is 9.32 Å². The van der Waals surface area contributed by atoms with Gasteiger partial charge in [0.25, 0.3) is 0 Å². The van der Waals surface area contributed by atoms with Gasteiger partial charge in [-0.25, -0.2) is 0 Å². The number of carbonyl (C=O) groups excluding carboxylic acids is 2. The normalized spacial score (nSPS) is 18.6. The third-order valence-electron chi connectivity index (χ3n) is 3.62. The highest BCUT2D eigenvalue weighted by Gasteiger charge is 2.30. The lowest BCUT2D eigenvalue weighted by Gasteiger charge is -2.15. The van der Waals surface area contributed by atoms with Gasteiger partial charge in [-0.15, -0.1) is 0 Å². The summed E-state index contributed by atoms with van der Waals surface area (Å²) in [5, 5.41) is 1.27. The highest BCUT2D eigenvalue weighted by Crippen LogP contribution is 2.25. The van der Waals surface area contributed by atoms with Gasteiger partial charge in [-0.1, -0.05) is 30.0 Å². The second kappa shape index (κ2) is 5.93. The van der Waals surface area contributed by atoms with Gasteiger partial charge in [0.05, 0.1) is 0 Å². The summed E-state index contributed by atoms with van der Waals surface area (Å²) in [7, 11) is 0. The molecule has 0 radical (unpaired) electrons. The van der Waals surface area contributed by atoms with Gasteiger partial charge in [0.2, 0.25) is 5.91 Å². The van der Waals surface area contributed by atoms with E-state index >= 15 is 0 Å². The van der Waals surface area contributed by atoms with Gasteiger partial charge in [0.15, 0.2) is 5.12 Å². The zero-order chi connectivity index (χ0) is 14.8. The fourth-order valence-corrected chi connectivity index (χ4v) is 3.62. The van der Waals surface area contributed by atoms with Crippen molar-refractivity contribution < 1.29 is 14.0 Å². The molecule has 1 saturated heterocycles. The minimum atomic E-state index is 0.0759. The summed E-state index contributed by atoms with van der Waals surface area (Å²) < 4.78 is 5.76. The van der Waals surface area contributed by atoms with Gasteiger partial charge >= 0.3 is 0 Å². The third kappa shape index (κ3) is 3.29. The molecule has 2 aromatic rings. The molecule has 0 N–H and O–H groups in total. The molecule has 1 fully saturated rings. The second-order valence-electron chi connectivity index (χ2n) is 5.28. The maximum Gasteiger partial charge on any atom is 0.223 e. The van der Waals surface area contributed by atoms with Crippen LogP contribution in [0.15, 0.2) is 34.7 Å². The van der Waals surface area contributed by atoms with Crippen molar-refractivity contribution >= 4 is 33.8 Å². The molecule has 0 aliphatic carbocycles. The Balaban J connectivity index is 1.59. The number of benzene rings is 1. The van der Waals surface area contributed by atoms with E-state index in [1.54, 1.807) is 6.92 Å². The molecule has 0 saturated carbocycles. The van der Waals surface area contributed by atoms with Crippen LogP contribution >= 0.6 is 11.8 Å². The molecule has 3 rings (SSSR count). The lowest BCUT2D eigenvalue weighted by Crippen LogP contribution is -2.27. The Kier molecular flexibility index (Phi) is 4.01. The first-order chi connectivity index (χ1) is 10.1. The summed E-state index contributed by atoms with van der Waals surface area (Å²) in [5.74, 6) is 1.02. The summed E-state index contributed by atoms with van der Waals surface area (Å²) in [6.45, 7) is 2.85. The first kappa shape index (κ1) is 14.2. The summed E-state index contributed by atoms with van der Waals surface area (Å²) in [4.78, 5) is 24.9. The maximum atomic E-state index is 11.9. The molecule has 0 spiro atoms. The van der Waals surface area contributed by atoms with E-state index in [2.05, 4.69) is 0 Å². The van der Waals surface area contributed by atoms with Gasteiger partial charge in [0.1, 0.15) is 11.3 Å². The number of hydrogen-bond donors (Lipinski definition) is 0. The standard InChI is InChI=1S/C16H17NO3S/c1-11(18)21-14-9-16(19)17(10-14)7-6-13-8-12-4-2-3-5-15(12)20-13/h2-5,8,14H,6-7,9-10H2,1H3. The van der Waals surface area contributed by atoms with Crippen LogP contribution in [0.3, 0.4) is 0 Å². The van der Waals surface area contributed by atoms with E-state index in [-0.39, 0.29) is 16.3 Å². The Hall–Kier alpha value is -1.75. The number of thioether (sulfide) groups is 1. The van der Waals surface area contributed by atoms with Crippen LogP contribution in [0.5, 0.6) is 0 Å². The van der Waals surface area contributed by atoms with Crippen LogP contribution in [0.1, 0.15) is 19.1 Å². The number of rotatable bonds is 4. The molecule has 0 bridgehead atoms. The van der Waals surface area contributed by atoms with Crippen LogP contribution in [0.4, 0.5) is 0 Å². The second-order valence-corrected chi connectivity index (χ2v) is 6.75. The van der Waals surface area contributed by atoms with Crippen LogP contribution in [0, 0.1) is 0 Å². The Bertz CT molecular complexity index is 646. The lowest BCUT2D eigenvalue weighted by molar-refractivity contribution is -0.127. The number of amides is 1. The summed E-state index contributed by atoms with van der Waals surface area (Å²) >= 11 is 1.27. The molecule has 5 heteroatoms. The van der Waals surface area contributed by atoms with E-state index in [1.807, 2.05) is 35.2 Å². The SMILES string of the molecule is CC(=O)SC1CC(=O)N(CCc2cc3ccccc3o2)C1. The zero-order valence-electron chi connectivity index (χ0n) is 11.9. The van der Waals surface area contributed by atoms with Gasteiger partial charge in [-0.2, -0.15) is 0 Å². The molecule has 4 nitrogen and oxygen atoms in total. The minimum Gasteiger partial charge on any atom is -0.461 e. The molecule has 110 valence electrons. The highest BCUT2D eigenvalue weighted by molar-refractivity contribution is 8.14. The molecule has 1 aromatic carbocycles. The van der Waals surface area contributed by atoms with Gasteiger partial charge in [-0.05, 0) is 12.1 Å². The van der Waals surface area contributed by atoms with Crippen LogP contribution in [0.2, 0.25) is 0 Å². The van der Waals surface area contributed by atoms with E-state index in [9.17, 15) is 9.59 Å². The number of likely N-dealkylation sites (tertiary alicyclic amines) is 1. The molecule has 1 aromatic heterocycles. The van der Waals surface area contributed by atoms with Crippen molar-refractivity contribution in [2.45, 2.75) is 25.0 Å². The van der Waals surface area contributed by atoms with Crippen LogP contribution in [-0.2, 0) is 16.0 Å². The lowest BCUT2D eigenvalue weighted by atomic mass is 10.2. The number of hydrogen-bond acceptors (Lipinski definition) is 4. The average Bonchev–Trinajstić information content (AvgIpc) is 2.98. The van der Waals surface area contributed by atoms with E-state index in [0.717, 1.165) is 16.7 Å². The van der Waals surface area contributed by atoms with E-state index in [1.165, 1.54) is 11.8 Å². The molecule has 1 aliphatic heterocycles. The van der Waals surface area contributed by atoms with E-state index < -0.39 is 0 Å². The predicted molar refractivity (Wildman–Crippen MR) is 83.2 cm³/mol. The molecule has 21 heavy (non-hydrogen) atoms. The van der Waals surface area contributed by atoms with Crippen LogP contribution < -0.4 is 0 Å². The molecule has 1 unspecified atom stereocenters. The summed E-state index contributed by atoms with van der Waals surface area (Å²) in [6.07, 6.45) is 1.17. The molecular weight excluding hydrogens is 286 g/mol. The van der Waals surface area contributed by atoms with Crippen LogP contribution in [0.25, 0.3) is 11.0 Å². The van der Waals surface area contributed by atoms with E-state index in [4.69, 9.17) is 4.42 Å². The summed E-state index contributed by atoms with van der Waals surface area (Å²) in [6, 6.07) is 9.92. The Morgan fingerprint density at radius 2 is 2.24 bits per heavy atom. The quantitative estimate of drug-likeness (QED) is 0.871. The Labute approximate surface area is 127 Å². The summed E-state index contributed by atoms with van der Waals surface area (Å²) in [5.41, 5.74) is 0.880. The molecular formula is C16H17NO3S. The zero-order valence-corrected chi connectivity index (χ0v) is 12.7. The molecule has 1 aliphatic rings. The predicted octanol–water partition coefficient (Wildman–Crippen LogP) is 2.86. The smallest absolute Gasteiger partial charge is 0.223 e. The number of carbonyl (C=O) groups is 2. The van der Waals surface area contributed by atoms with Gasteiger partial charge in [0, 0.05) is 43.5 Å². The van der Waals surface area contributed by atoms with Gasteiger partial charge in [-0.3, -0.25) is 9.59 Å². The maximum absolute atomic E-state index is 11.9. The fraction of sp³-hybridized carbons (Fsp3) is 0.375. The monoisotopic (exact) mass is 303 g/mol. The molecule has 1 atom stereocenters. The highest BCUT2D eigenvalue weighted by atomic mass is 32.2. The minimum absolute atomic E-state index is 0.0759. The van der Waals surface area contributed by atoms with Crippen molar-refractivity contribution in [2.75, 3.05) is 13.1 Å².